The van der Waals surface area contributed by atoms with Crippen LogP contribution in [0.25, 0.3) is 0 Å². The van der Waals surface area contributed by atoms with Crippen molar-refractivity contribution in [3.63, 3.8) is 0 Å². The molecule has 144 valence electrons. The Balaban J connectivity index is 1.69. The lowest BCUT2D eigenvalue weighted by Gasteiger charge is -2.33. The molecule has 1 amide bonds. The van der Waals surface area contributed by atoms with E-state index in [4.69, 9.17) is 0 Å². The summed E-state index contributed by atoms with van der Waals surface area (Å²) in [6.07, 6.45) is 1.40. The molecule has 5 nitrogen and oxygen atoms in total. The van der Waals surface area contributed by atoms with Crippen LogP contribution in [0.5, 0.6) is 0 Å². The first kappa shape index (κ1) is 20.0. The van der Waals surface area contributed by atoms with Crippen molar-refractivity contribution in [3.05, 3.63) is 64.6 Å². The molecule has 1 saturated heterocycles. The fourth-order valence-corrected chi connectivity index (χ4v) is 5.15. The number of carbonyl (C=O) groups is 1. The van der Waals surface area contributed by atoms with Gasteiger partial charge in [-0.25, -0.2) is 8.42 Å². The lowest BCUT2D eigenvalue weighted by molar-refractivity contribution is -0.135. The van der Waals surface area contributed by atoms with Gasteiger partial charge in [-0.05, 0) is 42.7 Å². The molecule has 0 saturated carbocycles. The van der Waals surface area contributed by atoms with E-state index in [-0.39, 0.29) is 23.3 Å². The Morgan fingerprint density at radius 2 is 1.81 bits per heavy atom. The van der Waals surface area contributed by atoms with Gasteiger partial charge in [0.15, 0.2) is 0 Å². The van der Waals surface area contributed by atoms with Crippen molar-refractivity contribution in [1.29, 1.82) is 0 Å². The van der Waals surface area contributed by atoms with Crippen molar-refractivity contribution in [2.45, 2.75) is 24.3 Å². The minimum atomic E-state index is -3.59. The third-order valence-corrected chi connectivity index (χ3v) is 7.23. The number of hydrogen-bond acceptors (Lipinski definition) is 3. The van der Waals surface area contributed by atoms with Crippen LogP contribution >= 0.6 is 15.9 Å². The third-order valence-electron chi connectivity index (χ3n) is 4.82. The highest BCUT2D eigenvalue weighted by molar-refractivity contribution is 9.10. The minimum Gasteiger partial charge on any atom is -0.341 e. The Kier molecular flexibility index (Phi) is 6.34. The van der Waals surface area contributed by atoms with E-state index >= 15 is 0 Å². The number of hydrogen-bond donors (Lipinski definition) is 0. The van der Waals surface area contributed by atoms with Gasteiger partial charge in [0.1, 0.15) is 0 Å². The second kappa shape index (κ2) is 8.54. The van der Waals surface area contributed by atoms with E-state index in [0.717, 1.165) is 10.0 Å². The number of carbonyl (C=O) groups excluding carboxylic acids is 1. The van der Waals surface area contributed by atoms with E-state index in [2.05, 4.69) is 15.9 Å². The molecule has 1 aliphatic heterocycles. The molecule has 1 atom stereocenters. The quantitative estimate of drug-likeness (QED) is 0.699. The van der Waals surface area contributed by atoms with Gasteiger partial charge in [0.2, 0.25) is 15.9 Å². The molecule has 1 fully saturated rings. The Morgan fingerprint density at radius 3 is 2.48 bits per heavy atom. The molecule has 0 spiro atoms. The van der Waals surface area contributed by atoms with Crippen LogP contribution in [0.4, 0.5) is 0 Å². The average Bonchev–Trinajstić information content (AvgIpc) is 2.68. The summed E-state index contributed by atoms with van der Waals surface area (Å²) in [4.78, 5) is 14.8. The predicted molar refractivity (Wildman–Crippen MR) is 109 cm³/mol. The normalized spacial score (nSPS) is 18.2. The zero-order chi connectivity index (χ0) is 19.4. The summed E-state index contributed by atoms with van der Waals surface area (Å²) in [7, 11) is -1.81. The monoisotopic (exact) mass is 450 g/mol. The number of amides is 1. The van der Waals surface area contributed by atoms with E-state index in [9.17, 15) is 13.2 Å². The molecule has 1 aliphatic rings. The van der Waals surface area contributed by atoms with Gasteiger partial charge in [-0.3, -0.25) is 4.79 Å². The molecule has 2 aromatic rings. The van der Waals surface area contributed by atoms with Crippen molar-refractivity contribution in [2.24, 2.45) is 5.92 Å². The number of rotatable bonds is 5. The fourth-order valence-electron chi connectivity index (χ4n) is 3.36. The molecule has 3 rings (SSSR count). The number of halogens is 1. The average molecular weight is 451 g/mol. The first-order valence-corrected chi connectivity index (χ1v) is 11.2. The number of sulfonamides is 1. The highest BCUT2D eigenvalue weighted by Gasteiger charge is 2.34. The second-order valence-electron chi connectivity index (χ2n) is 6.84. The highest BCUT2D eigenvalue weighted by atomic mass is 79.9. The Bertz CT molecular complexity index is 885. The number of nitrogens with zero attached hydrogens (tertiary/aromatic N) is 2. The summed E-state index contributed by atoms with van der Waals surface area (Å²) in [5.41, 5.74) is 1.06. The lowest BCUT2D eigenvalue weighted by atomic mass is 9.98. The first-order valence-electron chi connectivity index (χ1n) is 8.92. The molecular formula is C20H23BrN2O3S. The van der Waals surface area contributed by atoms with Crippen molar-refractivity contribution in [3.8, 4) is 0 Å². The minimum absolute atomic E-state index is 0.00504. The van der Waals surface area contributed by atoms with Crippen LogP contribution in [0, 0.1) is 5.92 Å². The molecule has 0 N–H and O–H groups in total. The second-order valence-corrected chi connectivity index (χ2v) is 9.69. The Morgan fingerprint density at radius 1 is 1.15 bits per heavy atom. The number of piperidine rings is 1. The first-order chi connectivity index (χ1) is 12.9. The van der Waals surface area contributed by atoms with Gasteiger partial charge in [0, 0.05) is 31.2 Å². The van der Waals surface area contributed by atoms with Gasteiger partial charge in [0.05, 0.1) is 10.8 Å². The summed E-state index contributed by atoms with van der Waals surface area (Å²) in [5.74, 6) is -0.313. The molecule has 1 heterocycles. The van der Waals surface area contributed by atoms with Gasteiger partial charge in [-0.2, -0.15) is 4.31 Å². The van der Waals surface area contributed by atoms with E-state index in [1.807, 2.05) is 30.3 Å². The van der Waals surface area contributed by atoms with E-state index in [0.29, 0.717) is 25.9 Å². The van der Waals surface area contributed by atoms with Gasteiger partial charge in [-0.1, -0.05) is 46.3 Å². The summed E-state index contributed by atoms with van der Waals surface area (Å²) >= 11 is 3.32. The summed E-state index contributed by atoms with van der Waals surface area (Å²) in [6, 6.07) is 16.4. The lowest BCUT2D eigenvalue weighted by Crippen LogP contribution is -2.45. The molecular weight excluding hydrogens is 428 g/mol. The van der Waals surface area contributed by atoms with Crippen LogP contribution < -0.4 is 0 Å². The predicted octanol–water partition coefficient (Wildman–Crippen LogP) is 3.51. The van der Waals surface area contributed by atoms with E-state index in [1.54, 1.807) is 36.2 Å². The summed E-state index contributed by atoms with van der Waals surface area (Å²) in [5, 5.41) is 0. The molecule has 0 bridgehead atoms. The van der Waals surface area contributed by atoms with Crippen LogP contribution in [0.2, 0.25) is 0 Å². The standard InChI is InChI=1S/C20H23BrN2O3S/c1-22(14-16-6-3-2-4-7-16)20(24)17-8-5-13-23(15-17)27(25,26)19-11-9-18(21)10-12-19/h2-4,6-7,9-12,17H,5,8,13-15H2,1H3. The number of benzene rings is 2. The van der Waals surface area contributed by atoms with Crippen LogP contribution in [0.1, 0.15) is 18.4 Å². The van der Waals surface area contributed by atoms with Crippen LogP contribution in [-0.2, 0) is 21.4 Å². The summed E-state index contributed by atoms with van der Waals surface area (Å²) < 4.78 is 28.1. The summed E-state index contributed by atoms with van der Waals surface area (Å²) in [6.45, 7) is 1.20. The molecule has 1 unspecified atom stereocenters. The third kappa shape index (κ3) is 4.78. The van der Waals surface area contributed by atoms with Crippen molar-refractivity contribution < 1.29 is 13.2 Å². The topological polar surface area (TPSA) is 57.7 Å². The van der Waals surface area contributed by atoms with E-state index in [1.165, 1.54) is 4.31 Å². The molecule has 0 radical (unpaired) electrons. The molecule has 0 aliphatic carbocycles. The zero-order valence-corrected chi connectivity index (χ0v) is 17.6. The van der Waals surface area contributed by atoms with Crippen molar-refractivity contribution >= 4 is 31.9 Å². The van der Waals surface area contributed by atoms with Crippen molar-refractivity contribution in [1.82, 2.24) is 9.21 Å². The van der Waals surface area contributed by atoms with Gasteiger partial charge in [-0.15, -0.1) is 0 Å². The zero-order valence-electron chi connectivity index (χ0n) is 15.2. The van der Waals surface area contributed by atoms with Crippen LogP contribution in [-0.4, -0.2) is 43.7 Å². The molecule has 0 aromatic heterocycles. The van der Waals surface area contributed by atoms with E-state index < -0.39 is 10.0 Å². The van der Waals surface area contributed by atoms with Crippen LogP contribution in [0.15, 0.2) is 64.0 Å². The maximum absolute atomic E-state index is 12.9. The SMILES string of the molecule is CN(Cc1ccccc1)C(=O)C1CCCN(S(=O)(=O)c2ccc(Br)cc2)C1. The van der Waals surface area contributed by atoms with Gasteiger partial charge < -0.3 is 4.90 Å². The molecule has 2 aromatic carbocycles. The maximum atomic E-state index is 12.9. The fraction of sp³-hybridized carbons (Fsp3) is 0.350. The molecule has 27 heavy (non-hydrogen) atoms. The van der Waals surface area contributed by atoms with Crippen molar-refractivity contribution in [2.75, 3.05) is 20.1 Å². The highest BCUT2D eigenvalue weighted by Crippen LogP contribution is 2.26. The Hall–Kier alpha value is -1.70. The Labute approximate surface area is 169 Å². The maximum Gasteiger partial charge on any atom is 0.243 e. The largest absolute Gasteiger partial charge is 0.341 e. The molecule has 7 heteroatoms. The van der Waals surface area contributed by atoms with Crippen LogP contribution in [0.3, 0.4) is 0 Å². The smallest absolute Gasteiger partial charge is 0.243 e. The van der Waals surface area contributed by atoms with Gasteiger partial charge in [0.25, 0.3) is 0 Å². The van der Waals surface area contributed by atoms with Gasteiger partial charge >= 0.3 is 0 Å².